The Bertz CT molecular complexity index is 844. The largest absolute Gasteiger partial charge is 0.455 e. The maximum Gasteiger partial charge on any atom is 0.311 e. The third-order valence-electron chi connectivity index (χ3n) is 4.75. The Morgan fingerprint density at radius 1 is 1.07 bits per heavy atom. The molecule has 0 bridgehead atoms. The van der Waals surface area contributed by atoms with Gasteiger partial charge in [0, 0.05) is 19.7 Å². The number of ketones is 1. The van der Waals surface area contributed by atoms with Crippen molar-refractivity contribution in [1.29, 1.82) is 0 Å². The van der Waals surface area contributed by atoms with Crippen LogP contribution in [0, 0.1) is 5.41 Å². The Hall–Kier alpha value is -3.10. The lowest BCUT2D eigenvalue weighted by Gasteiger charge is -2.26. The topological polar surface area (TPSA) is 102 Å². The number of benzene rings is 1. The zero-order valence-electron chi connectivity index (χ0n) is 18.2. The predicted octanol–water partition coefficient (Wildman–Crippen LogP) is 1.49. The lowest BCUT2D eigenvalue weighted by molar-refractivity contribution is -0.159. The summed E-state index contributed by atoms with van der Waals surface area (Å²) < 4.78 is 15.5. The van der Waals surface area contributed by atoms with Gasteiger partial charge in [-0.05, 0) is 45.9 Å². The molecular formula is C21H28N2O7. The minimum atomic E-state index is -0.750. The normalized spacial score (nSPS) is 13.4. The number of amides is 2. The number of hydrogen-bond acceptors (Lipinski definition) is 7. The molecule has 0 radical (unpaired) electrons. The van der Waals surface area contributed by atoms with Gasteiger partial charge >= 0.3 is 5.97 Å². The van der Waals surface area contributed by atoms with Crippen LogP contribution in [0.2, 0.25) is 0 Å². The molecule has 0 aromatic heterocycles. The number of Topliss-reactive ketones (excluding diaryl/α,β-unsaturated/α-hetero) is 1. The van der Waals surface area contributed by atoms with Crippen molar-refractivity contribution < 1.29 is 33.4 Å². The first kappa shape index (κ1) is 23.2. The molecule has 1 aliphatic heterocycles. The summed E-state index contributed by atoms with van der Waals surface area (Å²) in [7, 11) is 2.93. The summed E-state index contributed by atoms with van der Waals surface area (Å²) in [6.07, 6.45) is 0. The molecule has 0 N–H and O–H groups in total. The van der Waals surface area contributed by atoms with Crippen LogP contribution < -0.4 is 9.47 Å². The van der Waals surface area contributed by atoms with Crippen LogP contribution in [0.1, 0.15) is 38.1 Å². The summed E-state index contributed by atoms with van der Waals surface area (Å²) in [5.41, 5.74) is -0.329. The Labute approximate surface area is 175 Å². The molecule has 0 aliphatic carbocycles. The molecule has 0 saturated carbocycles. The van der Waals surface area contributed by atoms with Gasteiger partial charge < -0.3 is 24.0 Å². The average molecular weight is 420 g/mol. The van der Waals surface area contributed by atoms with Gasteiger partial charge in [-0.15, -0.1) is 0 Å². The standard InChI is InChI=1S/C21H28N2O7/c1-13(19(26)14-7-8-15-16(9-14)30-12-29-15)23(6)17(24)10-22(5)18(25)11-28-20(27)21(2,3)4/h7-9,13H,10-12H2,1-6H3. The fraction of sp³-hybridized carbons (Fsp3) is 0.524. The number of ether oxygens (including phenoxy) is 3. The number of hydrogen-bond donors (Lipinski definition) is 0. The molecule has 1 aliphatic rings. The highest BCUT2D eigenvalue weighted by molar-refractivity contribution is 6.02. The van der Waals surface area contributed by atoms with Crippen LogP contribution in [-0.2, 0) is 19.1 Å². The van der Waals surface area contributed by atoms with Crippen molar-refractivity contribution in [3.05, 3.63) is 23.8 Å². The van der Waals surface area contributed by atoms with E-state index in [1.807, 2.05) is 0 Å². The van der Waals surface area contributed by atoms with E-state index in [-0.39, 0.29) is 19.1 Å². The molecule has 1 heterocycles. The van der Waals surface area contributed by atoms with Gasteiger partial charge in [0.15, 0.2) is 23.9 Å². The summed E-state index contributed by atoms with van der Waals surface area (Å²) in [6.45, 7) is 6.06. The van der Waals surface area contributed by atoms with Gasteiger partial charge in [-0.3, -0.25) is 19.2 Å². The van der Waals surface area contributed by atoms with E-state index >= 15 is 0 Å². The van der Waals surface area contributed by atoms with Crippen LogP contribution in [0.15, 0.2) is 18.2 Å². The van der Waals surface area contributed by atoms with Gasteiger partial charge in [0.25, 0.3) is 5.91 Å². The van der Waals surface area contributed by atoms with Crippen molar-refractivity contribution in [2.24, 2.45) is 5.41 Å². The summed E-state index contributed by atoms with van der Waals surface area (Å²) in [4.78, 5) is 51.7. The van der Waals surface area contributed by atoms with E-state index in [0.29, 0.717) is 17.1 Å². The fourth-order valence-corrected chi connectivity index (χ4v) is 2.54. The zero-order chi connectivity index (χ0) is 22.6. The van der Waals surface area contributed by atoms with Gasteiger partial charge in [-0.1, -0.05) is 0 Å². The SMILES string of the molecule is CC(C(=O)c1ccc2c(c1)OCO2)N(C)C(=O)CN(C)C(=O)COC(=O)C(C)(C)C. The first-order chi connectivity index (χ1) is 13.9. The Balaban J connectivity index is 1.91. The first-order valence-electron chi connectivity index (χ1n) is 9.52. The minimum Gasteiger partial charge on any atom is -0.455 e. The van der Waals surface area contributed by atoms with Gasteiger partial charge in [0.2, 0.25) is 12.7 Å². The first-order valence-corrected chi connectivity index (χ1v) is 9.52. The third kappa shape index (κ3) is 5.49. The number of carbonyl (C=O) groups is 4. The molecule has 1 atom stereocenters. The van der Waals surface area contributed by atoms with Crippen LogP contribution in [0.25, 0.3) is 0 Å². The second-order valence-electron chi connectivity index (χ2n) is 8.19. The monoisotopic (exact) mass is 420 g/mol. The number of esters is 1. The molecule has 1 aromatic rings. The lowest BCUT2D eigenvalue weighted by Crippen LogP contribution is -2.46. The van der Waals surface area contributed by atoms with E-state index in [4.69, 9.17) is 14.2 Å². The van der Waals surface area contributed by atoms with Crippen molar-refractivity contribution in [2.75, 3.05) is 34.0 Å². The van der Waals surface area contributed by atoms with Gasteiger partial charge in [-0.2, -0.15) is 0 Å². The molecule has 1 unspecified atom stereocenters. The van der Waals surface area contributed by atoms with Crippen LogP contribution >= 0.6 is 0 Å². The van der Waals surface area contributed by atoms with E-state index in [9.17, 15) is 19.2 Å². The van der Waals surface area contributed by atoms with E-state index < -0.39 is 35.8 Å². The lowest BCUT2D eigenvalue weighted by atomic mass is 9.97. The summed E-state index contributed by atoms with van der Waals surface area (Å²) in [6, 6.07) is 4.10. The van der Waals surface area contributed by atoms with Gasteiger partial charge in [0.1, 0.15) is 0 Å². The number of fused-ring (bicyclic) bond motifs is 1. The van der Waals surface area contributed by atoms with Crippen LogP contribution in [0.4, 0.5) is 0 Å². The zero-order valence-corrected chi connectivity index (χ0v) is 18.2. The smallest absolute Gasteiger partial charge is 0.311 e. The quantitative estimate of drug-likeness (QED) is 0.486. The van der Waals surface area contributed by atoms with Crippen molar-refractivity contribution in [1.82, 2.24) is 9.80 Å². The summed E-state index contributed by atoms with van der Waals surface area (Å²) in [5, 5.41) is 0. The molecule has 9 heteroatoms. The number of rotatable bonds is 7. The minimum absolute atomic E-state index is 0.104. The van der Waals surface area contributed by atoms with E-state index in [2.05, 4.69) is 0 Å². The Morgan fingerprint density at radius 2 is 1.70 bits per heavy atom. The molecule has 2 rings (SSSR count). The molecule has 9 nitrogen and oxygen atoms in total. The second-order valence-corrected chi connectivity index (χ2v) is 8.19. The molecule has 1 aromatic carbocycles. The molecule has 0 fully saturated rings. The van der Waals surface area contributed by atoms with E-state index in [1.54, 1.807) is 45.9 Å². The predicted molar refractivity (Wildman–Crippen MR) is 107 cm³/mol. The van der Waals surface area contributed by atoms with Gasteiger partial charge in [0.05, 0.1) is 18.0 Å². The number of nitrogens with zero attached hydrogens (tertiary/aromatic N) is 2. The molecule has 30 heavy (non-hydrogen) atoms. The highest BCUT2D eigenvalue weighted by Gasteiger charge is 2.28. The maximum absolute atomic E-state index is 12.8. The van der Waals surface area contributed by atoms with Crippen molar-refractivity contribution in [3.8, 4) is 11.5 Å². The highest BCUT2D eigenvalue weighted by atomic mass is 16.7. The van der Waals surface area contributed by atoms with Crippen molar-refractivity contribution >= 4 is 23.6 Å². The van der Waals surface area contributed by atoms with Gasteiger partial charge in [-0.25, -0.2) is 0 Å². The molecule has 2 amide bonds. The summed E-state index contributed by atoms with van der Waals surface area (Å²) in [5.74, 6) is -0.653. The number of carbonyl (C=O) groups excluding carboxylic acids is 4. The number of likely N-dealkylation sites (N-methyl/N-ethyl adjacent to an activating group) is 2. The Morgan fingerprint density at radius 3 is 2.33 bits per heavy atom. The molecule has 0 saturated heterocycles. The fourth-order valence-electron chi connectivity index (χ4n) is 2.54. The highest BCUT2D eigenvalue weighted by Crippen LogP contribution is 2.33. The van der Waals surface area contributed by atoms with Crippen molar-refractivity contribution in [2.45, 2.75) is 33.7 Å². The van der Waals surface area contributed by atoms with Crippen LogP contribution in [0.5, 0.6) is 11.5 Å². The van der Waals surface area contributed by atoms with Crippen molar-refractivity contribution in [3.63, 3.8) is 0 Å². The molecular weight excluding hydrogens is 392 g/mol. The van der Waals surface area contributed by atoms with E-state index in [0.717, 1.165) is 4.90 Å². The summed E-state index contributed by atoms with van der Waals surface area (Å²) >= 11 is 0. The van der Waals surface area contributed by atoms with E-state index in [1.165, 1.54) is 19.0 Å². The molecule has 164 valence electrons. The average Bonchev–Trinajstić information content (AvgIpc) is 3.16. The molecule has 0 spiro atoms. The van der Waals surface area contributed by atoms with Crippen LogP contribution in [-0.4, -0.2) is 73.4 Å². The Kier molecular flexibility index (Phi) is 7.07. The van der Waals surface area contributed by atoms with Crippen LogP contribution in [0.3, 0.4) is 0 Å². The third-order valence-corrected chi connectivity index (χ3v) is 4.75. The second kappa shape index (κ2) is 9.15. The maximum atomic E-state index is 12.8.